The summed E-state index contributed by atoms with van der Waals surface area (Å²) in [4.78, 5) is 6.86. The molecule has 1 aromatic rings. The Labute approximate surface area is 110 Å². The van der Waals surface area contributed by atoms with E-state index in [4.69, 9.17) is 11.6 Å². The molecule has 2 heterocycles. The highest BCUT2D eigenvalue weighted by atomic mass is 79.9. The molecule has 0 bridgehead atoms. The molecule has 0 radical (unpaired) electrons. The van der Waals surface area contributed by atoms with Crippen molar-refractivity contribution in [1.29, 1.82) is 0 Å². The number of hydrogen-bond donors (Lipinski definition) is 0. The Kier molecular flexibility index (Phi) is 4.09. The van der Waals surface area contributed by atoms with Crippen molar-refractivity contribution >= 4 is 33.3 Å². The predicted molar refractivity (Wildman–Crippen MR) is 72.1 cm³/mol. The van der Waals surface area contributed by atoms with Crippen molar-refractivity contribution in [2.24, 2.45) is 5.92 Å². The molecular formula is C12H16BrClN2. The van der Waals surface area contributed by atoms with Crippen LogP contribution in [0.3, 0.4) is 0 Å². The Balaban J connectivity index is 2.24. The zero-order valence-electron chi connectivity index (χ0n) is 9.42. The number of pyridine rings is 1. The van der Waals surface area contributed by atoms with Crippen molar-refractivity contribution in [3.8, 4) is 0 Å². The van der Waals surface area contributed by atoms with E-state index in [1.54, 1.807) is 0 Å². The smallest absolute Gasteiger partial charge is 0.133 e. The van der Waals surface area contributed by atoms with Gasteiger partial charge in [0.25, 0.3) is 0 Å². The maximum atomic E-state index is 5.97. The number of aromatic nitrogens is 1. The molecular weight excluding hydrogens is 288 g/mol. The average molecular weight is 304 g/mol. The van der Waals surface area contributed by atoms with Crippen molar-refractivity contribution < 1.29 is 0 Å². The summed E-state index contributed by atoms with van der Waals surface area (Å²) < 4.78 is 0.997. The molecule has 2 nitrogen and oxygen atoms in total. The fraction of sp³-hybridized carbons (Fsp3) is 0.583. The van der Waals surface area contributed by atoms with Crippen LogP contribution in [0.2, 0.25) is 0 Å². The molecule has 0 aromatic carbocycles. The maximum absolute atomic E-state index is 5.97. The molecule has 1 atom stereocenters. The summed E-state index contributed by atoms with van der Waals surface area (Å²) in [5, 5.41) is 0. The van der Waals surface area contributed by atoms with Crippen LogP contribution in [0.5, 0.6) is 0 Å². The number of nitrogens with zero attached hydrogens (tertiary/aromatic N) is 2. The summed E-state index contributed by atoms with van der Waals surface area (Å²) in [6.45, 7) is 4.49. The van der Waals surface area contributed by atoms with E-state index in [9.17, 15) is 0 Å². The lowest BCUT2D eigenvalue weighted by Crippen LogP contribution is -2.35. The third-order valence-corrected chi connectivity index (χ3v) is 3.73. The molecule has 1 aromatic heterocycles. The van der Waals surface area contributed by atoms with Crippen LogP contribution in [-0.4, -0.2) is 18.1 Å². The standard InChI is InChI=1S/C12H16BrClN2/c1-9-3-2-4-16(8-9)12-10(6-14)5-11(13)7-15-12/h5,7,9H,2-4,6,8H2,1H3. The molecule has 0 saturated carbocycles. The highest BCUT2D eigenvalue weighted by Gasteiger charge is 2.19. The number of rotatable bonds is 2. The van der Waals surface area contributed by atoms with E-state index in [-0.39, 0.29) is 0 Å². The molecule has 1 saturated heterocycles. The van der Waals surface area contributed by atoms with Gasteiger partial charge in [-0.05, 0) is 40.8 Å². The number of halogens is 2. The molecule has 16 heavy (non-hydrogen) atoms. The van der Waals surface area contributed by atoms with Gasteiger partial charge in [0.15, 0.2) is 0 Å². The largest absolute Gasteiger partial charge is 0.356 e. The fourth-order valence-electron chi connectivity index (χ4n) is 2.24. The Hall–Kier alpha value is -0.280. The van der Waals surface area contributed by atoms with E-state index in [1.807, 2.05) is 6.20 Å². The zero-order chi connectivity index (χ0) is 11.5. The van der Waals surface area contributed by atoms with Crippen molar-refractivity contribution in [3.05, 3.63) is 22.3 Å². The number of alkyl halides is 1. The van der Waals surface area contributed by atoms with Gasteiger partial charge in [-0.15, -0.1) is 11.6 Å². The molecule has 88 valence electrons. The van der Waals surface area contributed by atoms with Crippen molar-refractivity contribution in [1.82, 2.24) is 4.98 Å². The minimum atomic E-state index is 0.520. The van der Waals surface area contributed by atoms with Crippen LogP contribution in [0, 0.1) is 5.92 Å². The summed E-state index contributed by atoms with van der Waals surface area (Å²) in [6.07, 6.45) is 4.43. The lowest BCUT2D eigenvalue weighted by molar-refractivity contribution is 0.444. The Morgan fingerprint density at radius 1 is 1.62 bits per heavy atom. The van der Waals surface area contributed by atoms with E-state index in [0.717, 1.165) is 34.9 Å². The molecule has 1 unspecified atom stereocenters. The van der Waals surface area contributed by atoms with Gasteiger partial charge in [-0.25, -0.2) is 4.98 Å². The summed E-state index contributed by atoms with van der Waals surface area (Å²) in [5.41, 5.74) is 1.12. The van der Waals surface area contributed by atoms with E-state index < -0.39 is 0 Å². The molecule has 1 fully saturated rings. The Bertz CT molecular complexity index is 370. The number of anilines is 1. The predicted octanol–water partition coefficient (Wildman–Crippen LogP) is 3.82. The Morgan fingerprint density at radius 2 is 2.44 bits per heavy atom. The molecule has 0 N–H and O–H groups in total. The van der Waals surface area contributed by atoms with Crippen LogP contribution >= 0.6 is 27.5 Å². The number of piperidine rings is 1. The first-order valence-electron chi connectivity index (χ1n) is 5.66. The van der Waals surface area contributed by atoms with Gasteiger partial charge in [-0.2, -0.15) is 0 Å². The lowest BCUT2D eigenvalue weighted by atomic mass is 10.00. The second kappa shape index (κ2) is 5.37. The van der Waals surface area contributed by atoms with Crippen LogP contribution in [0.25, 0.3) is 0 Å². The average Bonchev–Trinajstić information content (AvgIpc) is 2.28. The van der Waals surface area contributed by atoms with Crippen LogP contribution in [0.15, 0.2) is 16.7 Å². The third kappa shape index (κ3) is 2.69. The molecule has 0 amide bonds. The quantitative estimate of drug-likeness (QED) is 0.772. The van der Waals surface area contributed by atoms with Gasteiger partial charge in [0, 0.05) is 29.3 Å². The van der Waals surface area contributed by atoms with Gasteiger partial charge in [0.05, 0.1) is 5.88 Å². The van der Waals surface area contributed by atoms with Crippen LogP contribution in [0.1, 0.15) is 25.3 Å². The van der Waals surface area contributed by atoms with Gasteiger partial charge in [-0.3, -0.25) is 0 Å². The summed E-state index contributed by atoms with van der Waals surface area (Å²) >= 11 is 9.41. The van der Waals surface area contributed by atoms with Gasteiger partial charge in [-0.1, -0.05) is 6.92 Å². The zero-order valence-corrected chi connectivity index (χ0v) is 11.8. The van der Waals surface area contributed by atoms with Crippen LogP contribution in [-0.2, 0) is 5.88 Å². The van der Waals surface area contributed by atoms with E-state index in [2.05, 4.69) is 38.8 Å². The van der Waals surface area contributed by atoms with Crippen molar-refractivity contribution in [2.75, 3.05) is 18.0 Å². The highest BCUT2D eigenvalue weighted by molar-refractivity contribution is 9.10. The van der Waals surface area contributed by atoms with Crippen molar-refractivity contribution in [2.45, 2.75) is 25.6 Å². The van der Waals surface area contributed by atoms with Crippen LogP contribution in [0.4, 0.5) is 5.82 Å². The first kappa shape index (κ1) is 12.2. The van der Waals surface area contributed by atoms with Crippen LogP contribution < -0.4 is 4.90 Å². The Morgan fingerprint density at radius 3 is 3.12 bits per heavy atom. The highest BCUT2D eigenvalue weighted by Crippen LogP contribution is 2.27. The monoisotopic (exact) mass is 302 g/mol. The fourth-order valence-corrected chi connectivity index (χ4v) is 2.81. The third-order valence-electron chi connectivity index (χ3n) is 3.01. The van der Waals surface area contributed by atoms with E-state index in [1.165, 1.54) is 12.8 Å². The first-order valence-corrected chi connectivity index (χ1v) is 6.99. The summed E-state index contributed by atoms with van der Waals surface area (Å²) in [6, 6.07) is 2.06. The maximum Gasteiger partial charge on any atom is 0.133 e. The lowest BCUT2D eigenvalue weighted by Gasteiger charge is -2.33. The molecule has 1 aliphatic rings. The minimum absolute atomic E-state index is 0.520. The van der Waals surface area contributed by atoms with E-state index >= 15 is 0 Å². The van der Waals surface area contributed by atoms with Gasteiger partial charge in [0.2, 0.25) is 0 Å². The van der Waals surface area contributed by atoms with Crippen molar-refractivity contribution in [3.63, 3.8) is 0 Å². The van der Waals surface area contributed by atoms with Gasteiger partial charge >= 0.3 is 0 Å². The second-order valence-corrected chi connectivity index (χ2v) is 5.65. The molecule has 4 heteroatoms. The van der Waals surface area contributed by atoms with E-state index in [0.29, 0.717) is 5.88 Å². The SMILES string of the molecule is CC1CCCN(c2ncc(Br)cc2CCl)C1. The normalized spacial score (nSPS) is 21.2. The van der Waals surface area contributed by atoms with Gasteiger partial charge in [0.1, 0.15) is 5.82 Å². The molecule has 2 rings (SSSR count). The van der Waals surface area contributed by atoms with Gasteiger partial charge < -0.3 is 4.90 Å². The molecule has 0 spiro atoms. The molecule has 1 aliphatic heterocycles. The molecule has 0 aliphatic carbocycles. The second-order valence-electron chi connectivity index (χ2n) is 4.46. The summed E-state index contributed by atoms with van der Waals surface area (Å²) in [5.74, 6) is 2.33. The number of hydrogen-bond acceptors (Lipinski definition) is 2. The first-order chi connectivity index (χ1) is 7.70. The summed E-state index contributed by atoms with van der Waals surface area (Å²) in [7, 11) is 0. The topological polar surface area (TPSA) is 16.1 Å². The minimum Gasteiger partial charge on any atom is -0.356 e.